The average Bonchev–Trinajstić information content (AvgIpc) is 2.77. The summed E-state index contributed by atoms with van der Waals surface area (Å²) in [5.74, 6) is 0. The Morgan fingerprint density at radius 3 is 1.39 bits per heavy atom. The van der Waals surface area contributed by atoms with Gasteiger partial charge in [0.15, 0.2) is 0 Å². The highest BCUT2D eigenvalue weighted by Gasteiger charge is 2.10. The van der Waals surface area contributed by atoms with Gasteiger partial charge in [0.1, 0.15) is 13.6 Å². The third-order valence-corrected chi connectivity index (χ3v) is 6.14. The highest BCUT2D eigenvalue weighted by Crippen LogP contribution is 2.15. The molecule has 2 atom stereocenters. The van der Waals surface area contributed by atoms with Gasteiger partial charge in [-0.2, -0.15) is 0 Å². The van der Waals surface area contributed by atoms with Crippen LogP contribution in [0.2, 0.25) is 0 Å². The van der Waals surface area contributed by atoms with Crippen molar-refractivity contribution in [2.75, 3.05) is 24.2 Å². The van der Waals surface area contributed by atoms with Crippen LogP contribution in [-0.4, -0.2) is 36.5 Å². The van der Waals surface area contributed by atoms with Gasteiger partial charge < -0.3 is 14.2 Å². The number of hydrogen-bond donors (Lipinski definition) is 0. The second-order valence-electron chi connectivity index (χ2n) is 8.06. The maximum absolute atomic E-state index is 6.04. The highest BCUT2D eigenvalue weighted by atomic mass is 79.9. The van der Waals surface area contributed by atoms with Crippen LogP contribution < -0.4 is 0 Å². The summed E-state index contributed by atoms with van der Waals surface area (Å²) in [6, 6.07) is 0. The van der Waals surface area contributed by atoms with Gasteiger partial charge in [0.25, 0.3) is 0 Å². The quantitative estimate of drug-likeness (QED) is 0.0503. The average molecular weight is 568 g/mol. The second-order valence-corrected chi connectivity index (χ2v) is 9.65. The van der Waals surface area contributed by atoms with E-state index in [4.69, 9.17) is 14.2 Å². The molecule has 3 nitrogen and oxygen atoms in total. The van der Waals surface area contributed by atoms with Crippen LogP contribution in [0, 0.1) is 0 Å². The Balaban J connectivity index is 4.17. The smallest absolute Gasteiger partial charge is 0.149 e. The van der Waals surface area contributed by atoms with E-state index in [1.807, 2.05) is 0 Å². The van der Waals surface area contributed by atoms with Crippen molar-refractivity contribution in [2.24, 2.45) is 0 Å². The second kappa shape index (κ2) is 26.6. The van der Waals surface area contributed by atoms with E-state index >= 15 is 0 Å². The predicted octanol–water partition coefficient (Wildman–Crippen LogP) is 9.09. The molecule has 2 unspecified atom stereocenters. The molecular formula is C26H48Br2O3. The first-order valence-electron chi connectivity index (χ1n) is 12.5. The largest absolute Gasteiger partial charge is 0.352 e. The van der Waals surface area contributed by atoms with E-state index < -0.39 is 0 Å². The normalized spacial score (nSPS) is 14.1. The van der Waals surface area contributed by atoms with E-state index in [0.29, 0.717) is 13.6 Å². The Hall–Kier alpha value is 0.320. The van der Waals surface area contributed by atoms with Gasteiger partial charge in [0.05, 0.1) is 12.2 Å². The Morgan fingerprint density at radius 2 is 1.00 bits per heavy atom. The monoisotopic (exact) mass is 566 g/mol. The van der Waals surface area contributed by atoms with Crippen molar-refractivity contribution < 1.29 is 14.2 Å². The fourth-order valence-corrected chi connectivity index (χ4v) is 3.88. The molecule has 0 rings (SSSR count). The van der Waals surface area contributed by atoms with E-state index in [2.05, 4.69) is 70.0 Å². The van der Waals surface area contributed by atoms with Gasteiger partial charge in [-0.1, -0.05) is 109 Å². The molecule has 0 aliphatic heterocycles. The lowest BCUT2D eigenvalue weighted by atomic mass is 10.1. The summed E-state index contributed by atoms with van der Waals surface area (Å²) in [5.41, 5.74) is 0. The first-order chi connectivity index (χ1) is 15.3. The number of unbranched alkanes of at least 4 members (excludes halogenated alkanes) is 4. The predicted molar refractivity (Wildman–Crippen MR) is 142 cm³/mol. The van der Waals surface area contributed by atoms with E-state index in [0.717, 1.165) is 62.0 Å². The molecule has 0 aliphatic carbocycles. The Labute approximate surface area is 210 Å². The molecule has 0 heterocycles. The molecule has 0 aromatic rings. The molecule has 0 amide bonds. The lowest BCUT2D eigenvalue weighted by molar-refractivity contribution is -0.167. The van der Waals surface area contributed by atoms with E-state index in [1.165, 1.54) is 38.5 Å². The summed E-state index contributed by atoms with van der Waals surface area (Å²) in [5, 5.41) is 2.06. The third-order valence-electron chi connectivity index (χ3n) is 5.23. The van der Waals surface area contributed by atoms with Gasteiger partial charge in [-0.3, -0.25) is 0 Å². The van der Waals surface area contributed by atoms with Crippen molar-refractivity contribution in [1.82, 2.24) is 0 Å². The number of hydrogen-bond acceptors (Lipinski definition) is 3. The van der Waals surface area contributed by atoms with Gasteiger partial charge in [-0.25, -0.2) is 0 Å². The first-order valence-corrected chi connectivity index (χ1v) is 14.8. The fourth-order valence-electron chi connectivity index (χ4n) is 3.35. The van der Waals surface area contributed by atoms with Crippen molar-refractivity contribution in [2.45, 2.75) is 116 Å². The summed E-state index contributed by atoms with van der Waals surface area (Å²) in [4.78, 5) is 0. The Bertz CT molecular complexity index is 366. The van der Waals surface area contributed by atoms with Crippen LogP contribution in [0.25, 0.3) is 0 Å². The molecule has 0 N–H and O–H groups in total. The Kier molecular flexibility index (Phi) is 26.8. The summed E-state index contributed by atoms with van der Waals surface area (Å²) < 4.78 is 17.8. The zero-order chi connectivity index (χ0) is 22.8. The highest BCUT2D eigenvalue weighted by molar-refractivity contribution is 9.09. The van der Waals surface area contributed by atoms with Gasteiger partial charge in [-0.05, 0) is 51.4 Å². The van der Waals surface area contributed by atoms with Crippen molar-refractivity contribution in [3.63, 3.8) is 0 Å². The molecule has 0 aromatic carbocycles. The van der Waals surface area contributed by atoms with Crippen LogP contribution >= 0.6 is 31.9 Å². The molecule has 0 saturated carbocycles. The number of alkyl halides is 2. The summed E-state index contributed by atoms with van der Waals surface area (Å²) in [6.07, 6.45) is 25.8. The lowest BCUT2D eigenvalue weighted by Gasteiger charge is -2.19. The minimum atomic E-state index is 0.278. The van der Waals surface area contributed by atoms with Gasteiger partial charge in [0, 0.05) is 10.7 Å². The number of rotatable bonds is 24. The lowest BCUT2D eigenvalue weighted by Crippen LogP contribution is -2.19. The molecule has 5 heteroatoms. The van der Waals surface area contributed by atoms with Gasteiger partial charge in [0.2, 0.25) is 0 Å². The SMILES string of the molecule is CCCCCC(CC/C=C\CCBr)OCOCOC(CC/C=C\CCBr)CCCCC. The maximum atomic E-state index is 6.04. The molecule has 0 aromatic heterocycles. The molecule has 0 aliphatic rings. The summed E-state index contributed by atoms with van der Waals surface area (Å²) in [6.45, 7) is 5.14. The van der Waals surface area contributed by atoms with Crippen LogP contribution in [0.1, 0.15) is 104 Å². The molecular weight excluding hydrogens is 520 g/mol. The minimum absolute atomic E-state index is 0.278. The first kappa shape index (κ1) is 31.3. The van der Waals surface area contributed by atoms with Crippen molar-refractivity contribution >= 4 is 31.9 Å². The van der Waals surface area contributed by atoms with Crippen LogP contribution in [0.15, 0.2) is 24.3 Å². The summed E-state index contributed by atoms with van der Waals surface area (Å²) in [7, 11) is 0. The molecule has 0 saturated heterocycles. The summed E-state index contributed by atoms with van der Waals surface area (Å²) >= 11 is 6.93. The molecule has 0 fully saturated rings. The topological polar surface area (TPSA) is 27.7 Å². The van der Waals surface area contributed by atoms with Gasteiger partial charge >= 0.3 is 0 Å². The van der Waals surface area contributed by atoms with Crippen LogP contribution in [0.5, 0.6) is 0 Å². The third kappa shape index (κ3) is 23.3. The van der Waals surface area contributed by atoms with Gasteiger partial charge in [-0.15, -0.1) is 0 Å². The zero-order valence-corrected chi connectivity index (χ0v) is 23.3. The fraction of sp³-hybridized carbons (Fsp3) is 0.846. The van der Waals surface area contributed by atoms with E-state index in [1.54, 1.807) is 0 Å². The maximum Gasteiger partial charge on any atom is 0.149 e. The number of ether oxygens (including phenoxy) is 3. The number of halogens is 2. The Morgan fingerprint density at radius 1 is 0.581 bits per heavy atom. The van der Waals surface area contributed by atoms with Crippen molar-refractivity contribution in [3.05, 3.63) is 24.3 Å². The van der Waals surface area contributed by atoms with E-state index in [-0.39, 0.29) is 12.2 Å². The van der Waals surface area contributed by atoms with Crippen LogP contribution in [-0.2, 0) is 14.2 Å². The van der Waals surface area contributed by atoms with Crippen molar-refractivity contribution in [1.29, 1.82) is 0 Å². The minimum Gasteiger partial charge on any atom is -0.352 e. The molecule has 31 heavy (non-hydrogen) atoms. The standard InChI is InChI=1S/C26H48Br2O3/c1-3-5-11-17-25(19-13-7-9-15-21-27)30-23-29-24-31-26(18-12-6-4-2)20-14-8-10-16-22-28/h7-10,25-26H,3-6,11-24H2,1-2H3/b9-7-,10-8-. The van der Waals surface area contributed by atoms with Crippen LogP contribution in [0.4, 0.5) is 0 Å². The zero-order valence-electron chi connectivity index (χ0n) is 20.2. The molecule has 0 radical (unpaired) electrons. The van der Waals surface area contributed by atoms with Crippen LogP contribution in [0.3, 0.4) is 0 Å². The molecule has 0 spiro atoms. The molecule has 0 bridgehead atoms. The van der Waals surface area contributed by atoms with Crippen molar-refractivity contribution in [3.8, 4) is 0 Å². The van der Waals surface area contributed by atoms with E-state index in [9.17, 15) is 0 Å². The molecule has 184 valence electrons. The number of allylic oxidation sites excluding steroid dienone is 4.